The van der Waals surface area contributed by atoms with Crippen LogP contribution in [0.5, 0.6) is 5.75 Å². The van der Waals surface area contributed by atoms with E-state index in [1.807, 2.05) is 17.9 Å². The summed E-state index contributed by atoms with van der Waals surface area (Å²) in [5.74, 6) is -0.338. The van der Waals surface area contributed by atoms with Crippen molar-refractivity contribution in [2.45, 2.75) is 44.9 Å². The number of halogens is 3. The maximum atomic E-state index is 12.9. The van der Waals surface area contributed by atoms with Gasteiger partial charge in [-0.05, 0) is 49.8 Å². The average Bonchev–Trinajstić information content (AvgIpc) is 3.42. The zero-order valence-corrected chi connectivity index (χ0v) is 17.1. The molecule has 0 bridgehead atoms. The Kier molecular flexibility index (Phi) is 6.47. The molecule has 166 valence electrons. The van der Waals surface area contributed by atoms with Crippen molar-refractivity contribution in [3.05, 3.63) is 29.8 Å². The van der Waals surface area contributed by atoms with E-state index in [1.54, 1.807) is 13.0 Å². The summed E-state index contributed by atoms with van der Waals surface area (Å²) in [5, 5.41) is 2.62. The number of carbonyl (C=O) groups is 2. The number of hydrogen-bond donors (Lipinski definition) is 1. The first kappa shape index (κ1) is 22.2. The summed E-state index contributed by atoms with van der Waals surface area (Å²) in [6.45, 7) is 5.20. The number of benzene rings is 1. The Bertz CT molecular complexity index is 786. The molecule has 1 aliphatic carbocycles. The molecule has 3 atom stereocenters. The first-order valence-electron chi connectivity index (χ1n) is 10.2. The van der Waals surface area contributed by atoms with E-state index in [2.05, 4.69) is 10.1 Å². The van der Waals surface area contributed by atoms with Gasteiger partial charge in [0.25, 0.3) is 0 Å². The third-order valence-electron chi connectivity index (χ3n) is 6.07. The normalized spacial score (nSPS) is 23.9. The van der Waals surface area contributed by atoms with Gasteiger partial charge >= 0.3 is 12.5 Å². The van der Waals surface area contributed by atoms with Gasteiger partial charge in [-0.2, -0.15) is 0 Å². The number of rotatable bonds is 7. The van der Waals surface area contributed by atoms with Gasteiger partial charge in [-0.25, -0.2) is 4.79 Å². The van der Waals surface area contributed by atoms with Gasteiger partial charge < -0.3 is 19.7 Å². The van der Waals surface area contributed by atoms with Crippen molar-refractivity contribution < 1.29 is 32.2 Å². The fourth-order valence-electron chi connectivity index (χ4n) is 4.37. The van der Waals surface area contributed by atoms with Crippen molar-refractivity contribution in [1.29, 1.82) is 0 Å². The van der Waals surface area contributed by atoms with Gasteiger partial charge in [-0.15, -0.1) is 13.2 Å². The molecule has 30 heavy (non-hydrogen) atoms. The quantitative estimate of drug-likeness (QED) is 0.717. The van der Waals surface area contributed by atoms with Crippen LogP contribution in [0.2, 0.25) is 0 Å². The smallest absolute Gasteiger partial charge is 0.450 e. The number of alkyl carbamates (subject to hydrolysis) is 1. The number of alkyl halides is 3. The van der Waals surface area contributed by atoms with Crippen LogP contribution in [0, 0.1) is 11.8 Å². The summed E-state index contributed by atoms with van der Waals surface area (Å²) in [5.41, 5.74) is 0.643. The topological polar surface area (TPSA) is 67.9 Å². The maximum absolute atomic E-state index is 12.9. The van der Waals surface area contributed by atoms with E-state index in [1.165, 1.54) is 12.1 Å². The molecule has 0 radical (unpaired) electrons. The largest absolute Gasteiger partial charge is 0.573 e. The standard InChI is InChI=1S/C21H27F3N2O4/c1-3-14(12-25-19(28)29-4-2)18(27)26-9-8-20(11-16(20)13-26)15-6-5-7-17(10-15)30-21(22,23)24/h5-7,10,14,16H,3-4,8-9,11-13H2,1-2H3,(H,25,28)/t14-,16?,20?/m1/s1. The lowest BCUT2D eigenvalue weighted by Crippen LogP contribution is -2.46. The number of likely N-dealkylation sites (tertiary alicyclic amines) is 1. The number of ether oxygens (including phenoxy) is 2. The number of carbonyl (C=O) groups excluding carboxylic acids is 2. The zero-order valence-electron chi connectivity index (χ0n) is 17.1. The van der Waals surface area contributed by atoms with E-state index >= 15 is 0 Å². The van der Waals surface area contributed by atoms with Gasteiger partial charge in [0.05, 0.1) is 12.5 Å². The van der Waals surface area contributed by atoms with Crippen molar-refractivity contribution in [2.24, 2.45) is 11.8 Å². The number of nitrogens with one attached hydrogen (secondary N) is 1. The third-order valence-corrected chi connectivity index (χ3v) is 6.07. The lowest BCUT2D eigenvalue weighted by molar-refractivity contribution is -0.274. The number of fused-ring (bicyclic) bond motifs is 1. The van der Waals surface area contributed by atoms with Crippen LogP contribution in [0.1, 0.15) is 38.7 Å². The van der Waals surface area contributed by atoms with Crippen LogP contribution in [0.3, 0.4) is 0 Å². The van der Waals surface area contributed by atoms with Crippen LogP contribution in [0.15, 0.2) is 24.3 Å². The second-order valence-corrected chi connectivity index (χ2v) is 7.87. The minimum absolute atomic E-state index is 0.0102. The Balaban J connectivity index is 1.60. The average molecular weight is 428 g/mol. The summed E-state index contributed by atoms with van der Waals surface area (Å²) >= 11 is 0. The molecule has 2 aliphatic rings. The molecule has 0 spiro atoms. The van der Waals surface area contributed by atoms with E-state index in [-0.39, 0.29) is 42.1 Å². The van der Waals surface area contributed by atoms with E-state index < -0.39 is 12.5 Å². The maximum Gasteiger partial charge on any atom is 0.573 e. The first-order valence-corrected chi connectivity index (χ1v) is 10.2. The van der Waals surface area contributed by atoms with Gasteiger partial charge in [0.2, 0.25) is 5.91 Å². The fourth-order valence-corrected chi connectivity index (χ4v) is 4.37. The van der Waals surface area contributed by atoms with Gasteiger partial charge in [0.15, 0.2) is 0 Å². The molecule has 3 rings (SSSR count). The van der Waals surface area contributed by atoms with Crippen molar-refractivity contribution in [2.75, 3.05) is 26.2 Å². The Morgan fingerprint density at radius 3 is 2.73 bits per heavy atom. The summed E-state index contributed by atoms with van der Waals surface area (Å²) in [7, 11) is 0. The highest BCUT2D eigenvalue weighted by Crippen LogP contribution is 2.59. The van der Waals surface area contributed by atoms with Crippen molar-refractivity contribution in [3.63, 3.8) is 0 Å². The Morgan fingerprint density at radius 2 is 2.10 bits per heavy atom. The molecule has 6 nitrogen and oxygen atoms in total. The number of hydrogen-bond acceptors (Lipinski definition) is 4. The van der Waals surface area contributed by atoms with Crippen molar-refractivity contribution >= 4 is 12.0 Å². The number of amides is 2. The van der Waals surface area contributed by atoms with Gasteiger partial charge in [0, 0.05) is 25.0 Å². The zero-order chi connectivity index (χ0) is 21.9. The first-order chi connectivity index (χ1) is 14.2. The van der Waals surface area contributed by atoms with E-state index in [0.29, 0.717) is 25.9 Å². The van der Waals surface area contributed by atoms with E-state index in [4.69, 9.17) is 4.74 Å². The minimum Gasteiger partial charge on any atom is -0.450 e. The van der Waals surface area contributed by atoms with Crippen LogP contribution in [-0.4, -0.2) is 49.5 Å². The third kappa shape index (κ3) is 4.99. The Labute approximate surface area is 173 Å². The molecule has 1 heterocycles. The second-order valence-electron chi connectivity index (χ2n) is 7.87. The monoisotopic (exact) mass is 428 g/mol. The lowest BCUT2D eigenvalue weighted by Gasteiger charge is -2.34. The Morgan fingerprint density at radius 1 is 1.33 bits per heavy atom. The molecule has 1 aliphatic heterocycles. The van der Waals surface area contributed by atoms with Crippen LogP contribution < -0.4 is 10.1 Å². The highest BCUT2D eigenvalue weighted by molar-refractivity contribution is 5.80. The van der Waals surface area contributed by atoms with Crippen LogP contribution in [0.25, 0.3) is 0 Å². The van der Waals surface area contributed by atoms with Crippen LogP contribution in [0.4, 0.5) is 18.0 Å². The van der Waals surface area contributed by atoms with Gasteiger partial charge in [-0.3, -0.25) is 4.79 Å². The van der Waals surface area contributed by atoms with Gasteiger partial charge in [-0.1, -0.05) is 19.1 Å². The van der Waals surface area contributed by atoms with E-state index in [9.17, 15) is 22.8 Å². The predicted octanol–water partition coefficient (Wildman–Crippen LogP) is 3.85. The summed E-state index contributed by atoms with van der Waals surface area (Å²) in [4.78, 5) is 26.2. The molecule has 1 aromatic carbocycles. The highest BCUT2D eigenvalue weighted by atomic mass is 19.4. The molecule has 2 fully saturated rings. The van der Waals surface area contributed by atoms with Gasteiger partial charge in [0.1, 0.15) is 5.75 Å². The van der Waals surface area contributed by atoms with Crippen molar-refractivity contribution in [1.82, 2.24) is 10.2 Å². The Hall–Kier alpha value is -2.45. The highest BCUT2D eigenvalue weighted by Gasteiger charge is 2.58. The molecule has 2 amide bonds. The molecule has 2 unspecified atom stereocenters. The fraction of sp³-hybridized carbons (Fsp3) is 0.619. The van der Waals surface area contributed by atoms with Crippen molar-refractivity contribution in [3.8, 4) is 5.75 Å². The molecule has 1 aromatic rings. The predicted molar refractivity (Wildman–Crippen MR) is 103 cm³/mol. The molecular weight excluding hydrogens is 401 g/mol. The molecule has 0 aromatic heterocycles. The second kappa shape index (κ2) is 8.73. The number of nitrogens with zero attached hydrogens (tertiary/aromatic N) is 1. The molecule has 1 saturated heterocycles. The summed E-state index contributed by atoms with van der Waals surface area (Å²) < 4.78 is 46.5. The van der Waals surface area contributed by atoms with Crippen LogP contribution >= 0.6 is 0 Å². The number of piperidine rings is 1. The van der Waals surface area contributed by atoms with E-state index in [0.717, 1.165) is 12.0 Å². The molecule has 1 saturated carbocycles. The van der Waals surface area contributed by atoms with Crippen LogP contribution in [-0.2, 0) is 14.9 Å². The molecular formula is C21H27F3N2O4. The minimum atomic E-state index is -4.72. The molecule has 1 N–H and O–H groups in total. The summed E-state index contributed by atoms with van der Waals surface area (Å²) in [6, 6.07) is 6.17. The lowest BCUT2D eigenvalue weighted by atomic mass is 9.86. The summed E-state index contributed by atoms with van der Waals surface area (Å²) in [6.07, 6.45) is -3.13. The SMILES string of the molecule is CCOC(=O)NC[C@@H](CC)C(=O)N1CCC2(c3cccc(OC(F)(F)F)c3)CC2C1. The molecule has 9 heteroatoms.